The highest BCUT2D eigenvalue weighted by atomic mass is 19.1. The molecule has 138 valence electrons. The topological polar surface area (TPSA) is 47.8 Å². The van der Waals surface area contributed by atoms with E-state index >= 15 is 0 Å². The molecule has 1 atom stereocenters. The van der Waals surface area contributed by atoms with Crippen molar-refractivity contribution in [2.45, 2.75) is 12.5 Å². The lowest BCUT2D eigenvalue weighted by Crippen LogP contribution is -2.18. The van der Waals surface area contributed by atoms with E-state index in [-0.39, 0.29) is 24.1 Å². The van der Waals surface area contributed by atoms with Gasteiger partial charge in [-0.05, 0) is 17.7 Å². The van der Waals surface area contributed by atoms with Gasteiger partial charge in [0.15, 0.2) is 5.78 Å². The Morgan fingerprint density at radius 3 is 2.36 bits per heavy atom. The molecule has 0 saturated carbocycles. The average molecular weight is 371 g/mol. The summed E-state index contributed by atoms with van der Waals surface area (Å²) in [6.07, 6.45) is 1.82. The van der Waals surface area contributed by atoms with Crippen molar-refractivity contribution in [1.29, 1.82) is 0 Å². The summed E-state index contributed by atoms with van der Waals surface area (Å²) in [5.74, 6) is -0.315. The van der Waals surface area contributed by atoms with Gasteiger partial charge in [0.25, 0.3) is 0 Å². The minimum absolute atomic E-state index is 0.0130. The number of carbonyl (C=O) groups excluding carboxylic acids is 1. The molecule has 0 amide bonds. The third-order valence-corrected chi connectivity index (χ3v) is 4.57. The van der Waals surface area contributed by atoms with Gasteiger partial charge in [0.1, 0.15) is 17.6 Å². The summed E-state index contributed by atoms with van der Waals surface area (Å²) < 4.78 is 13.5. The molecular weight excluding hydrogens is 353 g/mol. The highest BCUT2D eigenvalue weighted by Crippen LogP contribution is 2.25. The Kier molecular flexibility index (Phi) is 5.06. The number of Topliss-reactive ketones (excluding diaryl/α,β-unsaturated/α-hetero) is 1. The fourth-order valence-corrected chi connectivity index (χ4v) is 3.13. The standard InChI is InChI=1S/C23H18FN3O/c24-20-13-7-12-19(14-20)21-16-25-27(26-21)22(17-8-3-1-4-9-17)15-23(28)18-10-5-2-6-11-18/h1-14,16,22H,15H2. The summed E-state index contributed by atoms with van der Waals surface area (Å²) >= 11 is 0. The molecule has 0 bridgehead atoms. The molecule has 4 rings (SSSR count). The Balaban J connectivity index is 1.67. The first-order chi connectivity index (χ1) is 13.7. The molecule has 4 nitrogen and oxygen atoms in total. The van der Waals surface area contributed by atoms with Crippen molar-refractivity contribution < 1.29 is 9.18 Å². The number of rotatable bonds is 6. The van der Waals surface area contributed by atoms with E-state index in [1.165, 1.54) is 16.9 Å². The molecule has 1 aromatic heterocycles. The van der Waals surface area contributed by atoms with E-state index in [1.807, 2.05) is 48.5 Å². The van der Waals surface area contributed by atoms with Crippen molar-refractivity contribution in [3.63, 3.8) is 0 Å². The molecule has 3 aromatic carbocycles. The molecule has 0 aliphatic carbocycles. The maximum atomic E-state index is 13.5. The maximum absolute atomic E-state index is 13.5. The van der Waals surface area contributed by atoms with Crippen molar-refractivity contribution in [2.75, 3.05) is 0 Å². The quantitative estimate of drug-likeness (QED) is 0.451. The van der Waals surface area contributed by atoms with E-state index in [1.54, 1.807) is 30.5 Å². The van der Waals surface area contributed by atoms with Gasteiger partial charge < -0.3 is 0 Å². The first-order valence-electron chi connectivity index (χ1n) is 9.01. The first-order valence-corrected chi connectivity index (χ1v) is 9.01. The van der Waals surface area contributed by atoms with Gasteiger partial charge in [-0.15, -0.1) is 0 Å². The molecular formula is C23H18FN3O. The van der Waals surface area contributed by atoms with E-state index in [4.69, 9.17) is 0 Å². The van der Waals surface area contributed by atoms with Crippen LogP contribution in [0.1, 0.15) is 28.4 Å². The van der Waals surface area contributed by atoms with E-state index < -0.39 is 0 Å². The third-order valence-electron chi connectivity index (χ3n) is 4.57. The monoisotopic (exact) mass is 371 g/mol. The van der Waals surface area contributed by atoms with Crippen LogP contribution in [0.5, 0.6) is 0 Å². The Morgan fingerprint density at radius 2 is 1.64 bits per heavy atom. The van der Waals surface area contributed by atoms with Gasteiger partial charge >= 0.3 is 0 Å². The molecule has 0 spiro atoms. The maximum Gasteiger partial charge on any atom is 0.165 e. The molecule has 4 aromatic rings. The van der Waals surface area contributed by atoms with Crippen molar-refractivity contribution >= 4 is 5.78 Å². The largest absolute Gasteiger partial charge is 0.294 e. The van der Waals surface area contributed by atoms with Crippen molar-refractivity contribution in [1.82, 2.24) is 15.0 Å². The number of carbonyl (C=O) groups is 1. The van der Waals surface area contributed by atoms with Gasteiger partial charge in [0.05, 0.1) is 6.20 Å². The molecule has 0 saturated heterocycles. The minimum atomic E-state index is -0.351. The lowest BCUT2D eigenvalue weighted by molar-refractivity contribution is 0.0964. The molecule has 1 unspecified atom stereocenters. The average Bonchev–Trinajstić information content (AvgIpc) is 3.23. The number of hydrogen-bond acceptors (Lipinski definition) is 3. The molecule has 0 radical (unpaired) electrons. The number of halogens is 1. The summed E-state index contributed by atoms with van der Waals surface area (Å²) in [5, 5.41) is 8.91. The molecule has 1 heterocycles. The zero-order chi connectivity index (χ0) is 19.3. The second-order valence-corrected chi connectivity index (χ2v) is 6.48. The number of aromatic nitrogens is 3. The van der Waals surface area contributed by atoms with Crippen molar-refractivity contribution in [2.24, 2.45) is 0 Å². The van der Waals surface area contributed by atoms with Gasteiger partial charge in [-0.3, -0.25) is 4.79 Å². The van der Waals surface area contributed by atoms with Crippen LogP contribution >= 0.6 is 0 Å². The second kappa shape index (κ2) is 7.96. The lowest BCUT2D eigenvalue weighted by atomic mass is 9.98. The fraction of sp³-hybridized carbons (Fsp3) is 0.0870. The summed E-state index contributed by atoms with van der Waals surface area (Å²) in [5.41, 5.74) is 2.80. The van der Waals surface area contributed by atoms with Gasteiger partial charge in [-0.25, -0.2) is 4.39 Å². The molecule has 5 heteroatoms. The molecule has 0 N–H and O–H groups in total. The van der Waals surface area contributed by atoms with Crippen LogP contribution in [0.2, 0.25) is 0 Å². The minimum Gasteiger partial charge on any atom is -0.294 e. The van der Waals surface area contributed by atoms with Crippen LogP contribution < -0.4 is 0 Å². The Morgan fingerprint density at radius 1 is 0.929 bits per heavy atom. The smallest absolute Gasteiger partial charge is 0.165 e. The number of benzene rings is 3. The SMILES string of the molecule is O=C(CC(c1ccccc1)n1ncc(-c2cccc(F)c2)n1)c1ccccc1. The Hall–Kier alpha value is -3.60. The van der Waals surface area contributed by atoms with Gasteiger partial charge in [0, 0.05) is 17.5 Å². The molecule has 28 heavy (non-hydrogen) atoms. The predicted molar refractivity (Wildman–Crippen MR) is 105 cm³/mol. The number of ketones is 1. The second-order valence-electron chi connectivity index (χ2n) is 6.48. The van der Waals surface area contributed by atoms with Gasteiger partial charge in [-0.2, -0.15) is 15.0 Å². The van der Waals surface area contributed by atoms with E-state index in [0.717, 1.165) is 5.56 Å². The van der Waals surface area contributed by atoms with Crippen molar-refractivity contribution in [3.8, 4) is 11.3 Å². The highest BCUT2D eigenvalue weighted by Gasteiger charge is 2.21. The highest BCUT2D eigenvalue weighted by molar-refractivity contribution is 5.96. The van der Waals surface area contributed by atoms with Crippen LogP contribution in [0.25, 0.3) is 11.3 Å². The zero-order valence-corrected chi connectivity index (χ0v) is 15.1. The van der Waals surface area contributed by atoms with Crippen LogP contribution in [-0.2, 0) is 0 Å². The molecule has 0 fully saturated rings. The fourth-order valence-electron chi connectivity index (χ4n) is 3.13. The van der Waals surface area contributed by atoms with Gasteiger partial charge in [0.2, 0.25) is 0 Å². The first kappa shape index (κ1) is 17.8. The summed E-state index contributed by atoms with van der Waals surface area (Å²) in [6.45, 7) is 0. The zero-order valence-electron chi connectivity index (χ0n) is 15.1. The van der Waals surface area contributed by atoms with Crippen LogP contribution in [0.3, 0.4) is 0 Å². The number of nitrogens with zero attached hydrogens (tertiary/aromatic N) is 3. The number of hydrogen-bond donors (Lipinski definition) is 0. The third kappa shape index (κ3) is 3.88. The Bertz CT molecular complexity index is 1080. The molecule has 0 aliphatic rings. The van der Waals surface area contributed by atoms with Gasteiger partial charge in [-0.1, -0.05) is 72.8 Å². The summed E-state index contributed by atoms with van der Waals surface area (Å²) in [4.78, 5) is 14.3. The predicted octanol–water partition coefficient (Wildman–Crippen LogP) is 4.95. The van der Waals surface area contributed by atoms with E-state index in [2.05, 4.69) is 10.2 Å². The summed E-state index contributed by atoms with van der Waals surface area (Å²) in [7, 11) is 0. The van der Waals surface area contributed by atoms with E-state index in [0.29, 0.717) is 16.8 Å². The lowest BCUT2D eigenvalue weighted by Gasteiger charge is -2.16. The molecule has 0 aliphatic heterocycles. The van der Waals surface area contributed by atoms with Crippen LogP contribution in [0, 0.1) is 5.82 Å². The normalized spacial score (nSPS) is 11.9. The van der Waals surface area contributed by atoms with E-state index in [9.17, 15) is 9.18 Å². The van der Waals surface area contributed by atoms with Crippen LogP contribution in [0.4, 0.5) is 4.39 Å². The van der Waals surface area contributed by atoms with Crippen molar-refractivity contribution in [3.05, 3.63) is 108 Å². The Labute approximate surface area is 162 Å². The van der Waals surface area contributed by atoms with Crippen LogP contribution in [0.15, 0.2) is 91.1 Å². The van der Waals surface area contributed by atoms with Crippen LogP contribution in [-0.4, -0.2) is 20.8 Å². The summed E-state index contributed by atoms with van der Waals surface area (Å²) in [6, 6.07) is 24.7.